The number of halogens is 1. The SMILES string of the molecule is CCOC(C)(C)CCC/C(C)=C/COc1ccc([N+](=O)[O-])cc1Br. The highest BCUT2D eigenvalue weighted by Crippen LogP contribution is 2.29. The van der Waals surface area contributed by atoms with Gasteiger partial charge in [0.05, 0.1) is 15.0 Å². The molecule has 134 valence electrons. The highest BCUT2D eigenvalue weighted by molar-refractivity contribution is 9.10. The highest BCUT2D eigenvalue weighted by Gasteiger charge is 2.16. The molecule has 0 saturated carbocycles. The maximum absolute atomic E-state index is 10.7. The summed E-state index contributed by atoms with van der Waals surface area (Å²) in [6.07, 6.45) is 5.13. The normalized spacial score (nSPS) is 12.3. The van der Waals surface area contributed by atoms with Gasteiger partial charge in [-0.25, -0.2) is 0 Å². The Labute approximate surface area is 152 Å². The van der Waals surface area contributed by atoms with Gasteiger partial charge in [-0.15, -0.1) is 0 Å². The third-order valence-electron chi connectivity index (χ3n) is 3.68. The zero-order valence-corrected chi connectivity index (χ0v) is 16.4. The van der Waals surface area contributed by atoms with E-state index in [4.69, 9.17) is 9.47 Å². The van der Waals surface area contributed by atoms with E-state index in [1.165, 1.54) is 17.7 Å². The van der Waals surface area contributed by atoms with Gasteiger partial charge in [0, 0.05) is 18.7 Å². The molecule has 1 aromatic rings. The standard InChI is InChI=1S/C18H26BrNO4/c1-5-24-18(3,4)11-6-7-14(2)10-12-23-17-9-8-15(20(21)22)13-16(17)19/h8-10,13H,5-7,11-12H2,1-4H3/b14-10+. The van der Waals surface area contributed by atoms with Crippen molar-refractivity contribution in [1.29, 1.82) is 0 Å². The fraction of sp³-hybridized carbons (Fsp3) is 0.556. The molecule has 0 amide bonds. The highest BCUT2D eigenvalue weighted by atomic mass is 79.9. The number of ether oxygens (including phenoxy) is 2. The summed E-state index contributed by atoms with van der Waals surface area (Å²) in [5.41, 5.74) is 1.23. The van der Waals surface area contributed by atoms with Gasteiger partial charge in [0.1, 0.15) is 12.4 Å². The third kappa shape index (κ3) is 7.45. The van der Waals surface area contributed by atoms with Gasteiger partial charge in [0.15, 0.2) is 0 Å². The summed E-state index contributed by atoms with van der Waals surface area (Å²) in [7, 11) is 0. The Balaban J connectivity index is 2.42. The van der Waals surface area contributed by atoms with Crippen LogP contribution in [-0.2, 0) is 4.74 Å². The molecular formula is C18H26BrNO4. The Bertz CT molecular complexity index is 584. The number of non-ortho nitro benzene ring substituents is 1. The number of allylic oxidation sites excluding steroid dienone is 1. The summed E-state index contributed by atoms with van der Waals surface area (Å²) in [6, 6.07) is 4.49. The zero-order valence-electron chi connectivity index (χ0n) is 14.8. The number of hydrogen-bond acceptors (Lipinski definition) is 4. The second-order valence-corrected chi connectivity index (χ2v) is 7.13. The smallest absolute Gasteiger partial charge is 0.270 e. The number of benzene rings is 1. The lowest BCUT2D eigenvalue weighted by Crippen LogP contribution is -2.24. The molecule has 24 heavy (non-hydrogen) atoms. The monoisotopic (exact) mass is 399 g/mol. The summed E-state index contributed by atoms with van der Waals surface area (Å²) in [6.45, 7) is 9.51. The predicted octanol–water partition coefficient (Wildman–Crippen LogP) is 5.67. The maximum Gasteiger partial charge on any atom is 0.270 e. The molecule has 0 aliphatic carbocycles. The number of hydrogen-bond donors (Lipinski definition) is 0. The van der Waals surface area contributed by atoms with E-state index >= 15 is 0 Å². The predicted molar refractivity (Wildman–Crippen MR) is 99.6 cm³/mol. The van der Waals surface area contributed by atoms with Gasteiger partial charge >= 0.3 is 0 Å². The number of nitro benzene ring substituents is 1. The van der Waals surface area contributed by atoms with Crippen molar-refractivity contribution in [3.8, 4) is 5.75 Å². The van der Waals surface area contributed by atoms with Crippen molar-refractivity contribution < 1.29 is 14.4 Å². The molecule has 0 aliphatic heterocycles. The molecule has 6 heteroatoms. The van der Waals surface area contributed by atoms with Crippen molar-refractivity contribution in [3.05, 3.63) is 44.4 Å². The van der Waals surface area contributed by atoms with Crippen LogP contribution in [0.4, 0.5) is 5.69 Å². The lowest BCUT2D eigenvalue weighted by atomic mass is 9.99. The van der Waals surface area contributed by atoms with E-state index in [0.717, 1.165) is 25.9 Å². The van der Waals surface area contributed by atoms with Crippen LogP contribution < -0.4 is 4.74 Å². The van der Waals surface area contributed by atoms with Gasteiger partial charge < -0.3 is 9.47 Å². The lowest BCUT2D eigenvalue weighted by molar-refractivity contribution is -0.384. The van der Waals surface area contributed by atoms with E-state index in [-0.39, 0.29) is 11.3 Å². The number of rotatable bonds is 10. The van der Waals surface area contributed by atoms with Crippen LogP contribution in [0, 0.1) is 10.1 Å². The molecule has 1 rings (SSSR count). The molecule has 0 fully saturated rings. The Morgan fingerprint density at radius 3 is 2.71 bits per heavy atom. The first-order chi connectivity index (χ1) is 11.2. The second kappa shape index (κ2) is 9.79. The van der Waals surface area contributed by atoms with Crippen LogP contribution in [0.1, 0.15) is 47.0 Å². The molecule has 0 spiro atoms. The number of nitro groups is 1. The fourth-order valence-electron chi connectivity index (χ4n) is 2.35. The van der Waals surface area contributed by atoms with Crippen LogP contribution in [0.3, 0.4) is 0 Å². The first kappa shape index (κ1) is 20.6. The summed E-state index contributed by atoms with van der Waals surface area (Å²) in [4.78, 5) is 10.3. The Morgan fingerprint density at radius 2 is 2.12 bits per heavy atom. The molecule has 0 bridgehead atoms. The molecule has 0 saturated heterocycles. The molecule has 0 aliphatic rings. The fourth-order valence-corrected chi connectivity index (χ4v) is 2.83. The van der Waals surface area contributed by atoms with Gasteiger partial charge in [-0.2, -0.15) is 0 Å². The summed E-state index contributed by atoms with van der Waals surface area (Å²) in [5.74, 6) is 0.599. The van der Waals surface area contributed by atoms with Gasteiger partial charge in [-0.05, 0) is 75.0 Å². The average Bonchev–Trinajstić information content (AvgIpc) is 2.48. The topological polar surface area (TPSA) is 61.6 Å². The Hall–Kier alpha value is -1.40. The van der Waals surface area contributed by atoms with E-state index in [0.29, 0.717) is 16.8 Å². The molecule has 0 N–H and O–H groups in total. The molecule has 0 radical (unpaired) electrons. The second-order valence-electron chi connectivity index (χ2n) is 6.28. The quantitative estimate of drug-likeness (QED) is 0.289. The van der Waals surface area contributed by atoms with Crippen LogP contribution in [-0.4, -0.2) is 23.7 Å². The Morgan fingerprint density at radius 1 is 1.42 bits per heavy atom. The van der Waals surface area contributed by atoms with Gasteiger partial charge in [-0.3, -0.25) is 10.1 Å². The number of nitrogens with zero attached hydrogens (tertiary/aromatic N) is 1. The molecule has 0 heterocycles. The van der Waals surface area contributed by atoms with E-state index in [1.54, 1.807) is 6.07 Å². The summed E-state index contributed by atoms with van der Waals surface area (Å²) >= 11 is 3.30. The largest absolute Gasteiger partial charge is 0.488 e. The van der Waals surface area contributed by atoms with E-state index in [1.807, 2.05) is 13.0 Å². The van der Waals surface area contributed by atoms with E-state index in [9.17, 15) is 10.1 Å². The Kier molecular flexibility index (Phi) is 8.42. The van der Waals surface area contributed by atoms with Crippen LogP contribution in [0.2, 0.25) is 0 Å². The molecule has 0 aromatic heterocycles. The average molecular weight is 400 g/mol. The van der Waals surface area contributed by atoms with Gasteiger partial charge in [-0.1, -0.05) is 5.57 Å². The third-order valence-corrected chi connectivity index (χ3v) is 4.30. The first-order valence-corrected chi connectivity index (χ1v) is 8.91. The van der Waals surface area contributed by atoms with E-state index < -0.39 is 4.92 Å². The zero-order chi connectivity index (χ0) is 18.2. The molecular weight excluding hydrogens is 374 g/mol. The minimum Gasteiger partial charge on any atom is -0.488 e. The first-order valence-electron chi connectivity index (χ1n) is 8.11. The van der Waals surface area contributed by atoms with E-state index in [2.05, 4.69) is 36.7 Å². The van der Waals surface area contributed by atoms with Gasteiger partial charge in [0.2, 0.25) is 0 Å². The minimum atomic E-state index is -0.428. The molecule has 5 nitrogen and oxygen atoms in total. The van der Waals surface area contributed by atoms with Crippen molar-refractivity contribution in [2.75, 3.05) is 13.2 Å². The van der Waals surface area contributed by atoms with Crippen molar-refractivity contribution in [3.63, 3.8) is 0 Å². The van der Waals surface area contributed by atoms with Crippen LogP contribution in [0.5, 0.6) is 5.75 Å². The summed E-state index contributed by atoms with van der Waals surface area (Å²) < 4.78 is 11.9. The van der Waals surface area contributed by atoms with Crippen molar-refractivity contribution in [2.45, 2.75) is 52.6 Å². The van der Waals surface area contributed by atoms with Crippen LogP contribution in [0.25, 0.3) is 0 Å². The van der Waals surface area contributed by atoms with Crippen molar-refractivity contribution in [1.82, 2.24) is 0 Å². The lowest BCUT2D eigenvalue weighted by Gasteiger charge is -2.24. The molecule has 0 unspecified atom stereocenters. The molecule has 0 atom stereocenters. The van der Waals surface area contributed by atoms with Crippen molar-refractivity contribution in [2.24, 2.45) is 0 Å². The summed E-state index contributed by atoms with van der Waals surface area (Å²) in [5, 5.41) is 10.7. The maximum atomic E-state index is 10.7. The minimum absolute atomic E-state index is 0.0397. The van der Waals surface area contributed by atoms with Crippen molar-refractivity contribution >= 4 is 21.6 Å². The van der Waals surface area contributed by atoms with Crippen LogP contribution in [0.15, 0.2) is 34.3 Å². The molecule has 1 aromatic carbocycles. The van der Waals surface area contributed by atoms with Gasteiger partial charge in [0.25, 0.3) is 5.69 Å². The van der Waals surface area contributed by atoms with Crippen LogP contribution >= 0.6 is 15.9 Å².